The number of sulfone groups is 1. The molecule has 8 heteroatoms. The molecule has 0 spiro atoms. The number of hydrogen-bond donors (Lipinski definition) is 3. The van der Waals surface area contributed by atoms with Crippen LogP contribution in [-0.2, 0) is 21.2 Å². The second kappa shape index (κ2) is 9.17. The molecule has 7 nitrogen and oxygen atoms in total. The first-order valence-corrected chi connectivity index (χ1v) is 12.0. The van der Waals surface area contributed by atoms with E-state index in [-0.39, 0.29) is 13.0 Å². The number of benzene rings is 2. The molecule has 0 saturated heterocycles. The Hall–Kier alpha value is -3.12. The van der Waals surface area contributed by atoms with Gasteiger partial charge in [0, 0.05) is 41.0 Å². The van der Waals surface area contributed by atoms with Gasteiger partial charge in [-0.15, -0.1) is 0 Å². The second-order valence-electron chi connectivity index (χ2n) is 8.02. The maximum Gasteiger partial charge on any atom is 0.264 e. The Morgan fingerprint density at radius 2 is 1.75 bits per heavy atom. The third-order valence-corrected chi connectivity index (χ3v) is 7.77. The first-order valence-electron chi connectivity index (χ1n) is 10.1. The highest BCUT2D eigenvalue weighted by atomic mass is 32.2. The summed E-state index contributed by atoms with van der Waals surface area (Å²) < 4.78 is 24.4. The molecule has 3 rings (SSSR count). The Morgan fingerprint density at radius 1 is 1.12 bits per heavy atom. The molecule has 0 saturated carbocycles. The number of carbonyl (C=O) groups is 1. The molecule has 0 radical (unpaired) electrons. The van der Waals surface area contributed by atoms with Crippen LogP contribution in [-0.4, -0.2) is 40.2 Å². The molecular formula is C24H26N2O5S. The van der Waals surface area contributed by atoms with Gasteiger partial charge in [-0.05, 0) is 62.2 Å². The van der Waals surface area contributed by atoms with Gasteiger partial charge in [0.2, 0.25) is 0 Å². The van der Waals surface area contributed by atoms with Gasteiger partial charge in [0.25, 0.3) is 5.91 Å². The number of carbonyl (C=O) groups excluding carboxylic acids is 1. The van der Waals surface area contributed by atoms with E-state index in [2.05, 4.69) is 11.8 Å². The first kappa shape index (κ1) is 23.5. The van der Waals surface area contributed by atoms with Crippen molar-refractivity contribution in [3.05, 3.63) is 71.4 Å². The first-order chi connectivity index (χ1) is 15.0. The molecule has 0 bridgehead atoms. The normalized spacial score (nSPS) is 14.3. The number of nitrogens with one attached hydrogen (secondary N) is 1. The highest BCUT2D eigenvalue weighted by molar-refractivity contribution is 7.92. The fourth-order valence-electron chi connectivity index (χ4n) is 3.38. The van der Waals surface area contributed by atoms with E-state index in [1.807, 2.05) is 59.3 Å². The molecule has 3 aromatic rings. The van der Waals surface area contributed by atoms with Crippen molar-refractivity contribution in [2.45, 2.75) is 37.7 Å². The van der Waals surface area contributed by atoms with Gasteiger partial charge in [-0.25, -0.2) is 13.9 Å². The van der Waals surface area contributed by atoms with Crippen molar-refractivity contribution in [1.29, 1.82) is 0 Å². The number of hydroxylamine groups is 1. The maximum atomic E-state index is 12.2. The zero-order valence-electron chi connectivity index (χ0n) is 18.2. The smallest absolute Gasteiger partial charge is 0.264 e. The lowest BCUT2D eigenvalue weighted by Gasteiger charge is -2.25. The number of nitrogens with zero attached hydrogens (tertiary/aromatic N) is 1. The molecule has 2 atom stereocenters. The molecule has 2 aromatic carbocycles. The van der Waals surface area contributed by atoms with Crippen LogP contribution in [0.2, 0.25) is 0 Å². The van der Waals surface area contributed by atoms with E-state index in [0.717, 1.165) is 33.8 Å². The fourth-order valence-corrected chi connectivity index (χ4v) is 4.23. The summed E-state index contributed by atoms with van der Waals surface area (Å²) in [6.45, 7) is 3.30. The number of fused-ring (bicyclic) bond motifs is 1. The second-order valence-corrected chi connectivity index (χ2v) is 10.5. The average Bonchev–Trinajstić information content (AvgIpc) is 3.17. The molecule has 0 fully saturated rings. The average molecular weight is 455 g/mol. The van der Waals surface area contributed by atoms with E-state index in [9.17, 15) is 18.3 Å². The molecule has 1 amide bonds. The SMILES string of the molecule is C[C@H](O)c1ccc(C#Cc2ccc3c(ccn3CC[C@](C)(C(=O)NO)S(C)(=O)=O)c2)cc1. The van der Waals surface area contributed by atoms with Crippen molar-refractivity contribution < 1.29 is 23.5 Å². The molecule has 3 N–H and O–H groups in total. The van der Waals surface area contributed by atoms with Gasteiger partial charge < -0.3 is 9.67 Å². The Bertz CT molecular complexity index is 1300. The zero-order chi connectivity index (χ0) is 23.5. The van der Waals surface area contributed by atoms with Crippen LogP contribution in [0, 0.1) is 11.8 Å². The summed E-state index contributed by atoms with van der Waals surface area (Å²) in [4.78, 5) is 12.0. The van der Waals surface area contributed by atoms with Crippen LogP contribution in [0.25, 0.3) is 10.9 Å². The highest BCUT2D eigenvalue weighted by Crippen LogP contribution is 2.25. The fraction of sp³-hybridized carbons (Fsp3) is 0.292. The third-order valence-electron chi connectivity index (χ3n) is 5.75. The van der Waals surface area contributed by atoms with Crippen LogP contribution in [0.5, 0.6) is 0 Å². The minimum atomic E-state index is -3.75. The molecule has 0 aliphatic heterocycles. The van der Waals surface area contributed by atoms with E-state index in [0.29, 0.717) is 0 Å². The Kier molecular flexibility index (Phi) is 6.74. The number of aliphatic hydroxyl groups is 1. The third kappa shape index (κ3) is 4.86. The summed E-state index contributed by atoms with van der Waals surface area (Å²) in [6.07, 6.45) is 2.30. The van der Waals surface area contributed by atoms with Gasteiger partial charge in [0.05, 0.1) is 6.10 Å². The molecule has 0 aliphatic carbocycles. The van der Waals surface area contributed by atoms with Crippen LogP contribution in [0.3, 0.4) is 0 Å². The Balaban J connectivity index is 1.80. The minimum absolute atomic E-state index is 0.00597. The van der Waals surface area contributed by atoms with Crippen LogP contribution < -0.4 is 5.48 Å². The lowest BCUT2D eigenvalue weighted by atomic mass is 10.1. The largest absolute Gasteiger partial charge is 0.389 e. The van der Waals surface area contributed by atoms with Gasteiger partial charge in [-0.1, -0.05) is 24.0 Å². The van der Waals surface area contributed by atoms with E-state index < -0.39 is 26.6 Å². The predicted octanol–water partition coefficient (Wildman–Crippen LogP) is 2.79. The van der Waals surface area contributed by atoms with Crippen LogP contribution in [0.4, 0.5) is 0 Å². The van der Waals surface area contributed by atoms with E-state index in [1.165, 1.54) is 12.4 Å². The lowest BCUT2D eigenvalue weighted by molar-refractivity contribution is -0.131. The van der Waals surface area contributed by atoms with Gasteiger partial charge in [-0.3, -0.25) is 10.0 Å². The van der Waals surface area contributed by atoms with Crippen LogP contribution in [0.15, 0.2) is 54.7 Å². The quantitative estimate of drug-likeness (QED) is 0.302. The molecular weight excluding hydrogens is 428 g/mol. The molecule has 32 heavy (non-hydrogen) atoms. The van der Waals surface area contributed by atoms with Gasteiger partial charge in [-0.2, -0.15) is 0 Å². The Labute approximate surface area is 187 Å². The number of amides is 1. The topological polar surface area (TPSA) is 109 Å². The maximum absolute atomic E-state index is 12.2. The number of aromatic nitrogens is 1. The summed E-state index contributed by atoms with van der Waals surface area (Å²) in [7, 11) is -3.75. The summed E-state index contributed by atoms with van der Waals surface area (Å²) in [5.41, 5.74) is 4.86. The van der Waals surface area contributed by atoms with Crippen molar-refractivity contribution in [2.75, 3.05) is 6.26 Å². The predicted molar refractivity (Wildman–Crippen MR) is 123 cm³/mol. The van der Waals surface area contributed by atoms with Crippen molar-refractivity contribution in [3.8, 4) is 11.8 Å². The Morgan fingerprint density at radius 3 is 2.34 bits per heavy atom. The summed E-state index contributed by atoms with van der Waals surface area (Å²) in [5.74, 6) is 5.29. The van der Waals surface area contributed by atoms with Crippen molar-refractivity contribution in [2.24, 2.45) is 0 Å². The van der Waals surface area contributed by atoms with Gasteiger partial charge >= 0.3 is 0 Å². The van der Waals surface area contributed by atoms with Crippen molar-refractivity contribution in [1.82, 2.24) is 10.0 Å². The van der Waals surface area contributed by atoms with Crippen molar-refractivity contribution >= 4 is 26.6 Å². The summed E-state index contributed by atoms with van der Waals surface area (Å²) in [5, 5.41) is 19.5. The highest BCUT2D eigenvalue weighted by Gasteiger charge is 2.43. The van der Waals surface area contributed by atoms with E-state index >= 15 is 0 Å². The number of hydrogen-bond acceptors (Lipinski definition) is 5. The van der Waals surface area contributed by atoms with Gasteiger partial charge in [0.15, 0.2) is 14.6 Å². The summed E-state index contributed by atoms with van der Waals surface area (Å²) >= 11 is 0. The van der Waals surface area contributed by atoms with Crippen LogP contribution >= 0.6 is 0 Å². The summed E-state index contributed by atoms with van der Waals surface area (Å²) in [6, 6.07) is 15.1. The van der Waals surface area contributed by atoms with Crippen LogP contribution in [0.1, 0.15) is 43.1 Å². The van der Waals surface area contributed by atoms with E-state index in [4.69, 9.17) is 5.21 Å². The number of aryl methyl sites for hydroxylation is 1. The zero-order valence-corrected chi connectivity index (χ0v) is 19.0. The van der Waals surface area contributed by atoms with Gasteiger partial charge in [0.1, 0.15) is 0 Å². The standard InChI is InChI=1S/C24H26N2O5S/c1-17(27)20-9-6-18(7-10-20)4-5-19-8-11-22-21(16-19)12-14-26(22)15-13-24(2,23(28)25-29)32(3,30)31/h6-12,14,16-17,27,29H,13,15H2,1-3H3,(H,25,28)/t17-,24+/m0/s1. The lowest BCUT2D eigenvalue weighted by Crippen LogP contribution is -2.49. The molecule has 168 valence electrons. The molecule has 1 heterocycles. The molecule has 0 unspecified atom stereocenters. The van der Waals surface area contributed by atoms with E-state index in [1.54, 1.807) is 6.92 Å². The minimum Gasteiger partial charge on any atom is -0.389 e. The number of aliphatic hydroxyl groups excluding tert-OH is 1. The van der Waals surface area contributed by atoms with Crippen molar-refractivity contribution in [3.63, 3.8) is 0 Å². The number of rotatable bonds is 6. The monoisotopic (exact) mass is 454 g/mol. The molecule has 1 aromatic heterocycles. The molecule has 0 aliphatic rings.